The molecule has 1 aliphatic rings. The predicted octanol–water partition coefficient (Wildman–Crippen LogP) is -0.738. The first-order valence-corrected chi connectivity index (χ1v) is 4.29. The molecule has 70 valence electrons. The maximum absolute atomic E-state index is 11.0. The minimum atomic E-state index is -0.128. The average molecular weight is 180 g/mol. The molecule has 0 radical (unpaired) electrons. The van der Waals surface area contributed by atoms with Crippen LogP contribution in [0, 0.1) is 0 Å². The van der Waals surface area contributed by atoms with E-state index in [1.54, 1.807) is 6.07 Å². The Morgan fingerprint density at radius 2 is 2.54 bits per heavy atom. The summed E-state index contributed by atoms with van der Waals surface area (Å²) in [6, 6.07) is 1.62. The van der Waals surface area contributed by atoms with Crippen molar-refractivity contribution in [1.82, 2.24) is 20.6 Å². The Morgan fingerprint density at radius 3 is 3.31 bits per heavy atom. The molecule has 0 unspecified atom stereocenters. The molecule has 2 rings (SSSR count). The first-order chi connectivity index (χ1) is 6.29. The van der Waals surface area contributed by atoms with Gasteiger partial charge in [0, 0.05) is 25.6 Å². The van der Waals surface area contributed by atoms with E-state index < -0.39 is 0 Å². The van der Waals surface area contributed by atoms with Gasteiger partial charge in [-0.05, 0) is 12.6 Å². The number of hydrazine groups is 1. The van der Waals surface area contributed by atoms with Gasteiger partial charge in [0.15, 0.2) is 0 Å². The van der Waals surface area contributed by atoms with Crippen molar-refractivity contribution >= 4 is 0 Å². The Hall–Kier alpha value is -1.20. The van der Waals surface area contributed by atoms with E-state index in [0.717, 1.165) is 30.8 Å². The second kappa shape index (κ2) is 3.27. The summed E-state index contributed by atoms with van der Waals surface area (Å²) in [4.78, 5) is 11.0. The number of aromatic amines is 1. The molecule has 0 fully saturated rings. The van der Waals surface area contributed by atoms with Gasteiger partial charge in [-0.3, -0.25) is 10.2 Å². The number of nitrogens with one attached hydrogen (secondary N) is 2. The fourth-order valence-corrected chi connectivity index (χ4v) is 1.54. The highest BCUT2D eigenvalue weighted by Crippen LogP contribution is 2.11. The molecule has 0 saturated carbocycles. The van der Waals surface area contributed by atoms with Crippen molar-refractivity contribution in [2.24, 2.45) is 0 Å². The third kappa shape index (κ3) is 1.61. The van der Waals surface area contributed by atoms with Gasteiger partial charge in [-0.15, -0.1) is 0 Å². The normalized spacial score (nSPS) is 17.0. The largest absolute Gasteiger partial charge is 0.268 e. The fourth-order valence-electron chi connectivity index (χ4n) is 1.54. The van der Waals surface area contributed by atoms with Crippen LogP contribution in [-0.4, -0.2) is 28.8 Å². The molecule has 0 aliphatic carbocycles. The van der Waals surface area contributed by atoms with Gasteiger partial charge in [0.25, 0.3) is 5.56 Å². The summed E-state index contributed by atoms with van der Waals surface area (Å²) in [6.45, 7) is 1.69. The number of rotatable bonds is 1. The fraction of sp³-hybridized carbons (Fsp3) is 0.500. The van der Waals surface area contributed by atoms with Crippen molar-refractivity contribution < 1.29 is 0 Å². The van der Waals surface area contributed by atoms with Gasteiger partial charge in [-0.1, -0.05) is 0 Å². The van der Waals surface area contributed by atoms with Gasteiger partial charge in [-0.25, -0.2) is 10.1 Å². The monoisotopic (exact) mass is 180 g/mol. The van der Waals surface area contributed by atoms with Crippen molar-refractivity contribution in [2.45, 2.75) is 13.0 Å². The molecule has 1 aromatic rings. The third-order valence-corrected chi connectivity index (χ3v) is 2.27. The predicted molar refractivity (Wildman–Crippen MR) is 48.0 cm³/mol. The number of H-pyrrole nitrogens is 1. The minimum absolute atomic E-state index is 0.128. The van der Waals surface area contributed by atoms with Gasteiger partial charge < -0.3 is 0 Å². The maximum Gasteiger partial charge on any atom is 0.264 e. The highest BCUT2D eigenvalue weighted by atomic mass is 16.1. The molecule has 0 saturated heterocycles. The van der Waals surface area contributed by atoms with Crippen LogP contribution in [0.4, 0.5) is 0 Å². The Kier molecular flexibility index (Phi) is 2.12. The molecule has 13 heavy (non-hydrogen) atoms. The van der Waals surface area contributed by atoms with E-state index >= 15 is 0 Å². The second-order valence-electron chi connectivity index (χ2n) is 3.10. The lowest BCUT2D eigenvalue weighted by Crippen LogP contribution is -2.40. The molecule has 1 aliphatic heterocycles. The average Bonchev–Trinajstić information content (AvgIpc) is 2.16. The van der Waals surface area contributed by atoms with E-state index in [1.165, 1.54) is 0 Å². The van der Waals surface area contributed by atoms with Crippen LogP contribution < -0.4 is 11.0 Å². The number of fused-ring (bicyclic) bond motifs is 1. The summed E-state index contributed by atoms with van der Waals surface area (Å²) in [5.41, 5.74) is 4.95. The molecule has 1 aromatic heterocycles. The Labute approximate surface area is 75.7 Å². The molecule has 2 N–H and O–H groups in total. The summed E-state index contributed by atoms with van der Waals surface area (Å²) in [7, 11) is 1.88. The van der Waals surface area contributed by atoms with Crippen LogP contribution in [0.2, 0.25) is 0 Å². The topological polar surface area (TPSA) is 61.0 Å². The molecule has 5 nitrogen and oxygen atoms in total. The van der Waals surface area contributed by atoms with E-state index in [9.17, 15) is 4.79 Å². The Morgan fingerprint density at radius 1 is 1.69 bits per heavy atom. The van der Waals surface area contributed by atoms with Crippen molar-refractivity contribution in [3.63, 3.8) is 0 Å². The standard InChI is InChI=1S/C8H12N4O/c1-9-12-3-2-7-6(5-12)4-8(13)11-10-7/h4,9H,2-3,5H2,1H3,(H,11,13). The lowest BCUT2D eigenvalue weighted by Gasteiger charge is -2.26. The zero-order chi connectivity index (χ0) is 9.26. The van der Waals surface area contributed by atoms with Gasteiger partial charge in [0.05, 0.1) is 5.69 Å². The van der Waals surface area contributed by atoms with Crippen molar-refractivity contribution in [2.75, 3.05) is 13.6 Å². The molecular formula is C8H12N4O. The van der Waals surface area contributed by atoms with Crippen LogP contribution in [0.5, 0.6) is 0 Å². The summed E-state index contributed by atoms with van der Waals surface area (Å²) in [6.07, 6.45) is 0.882. The minimum Gasteiger partial charge on any atom is -0.268 e. The highest BCUT2D eigenvalue weighted by Gasteiger charge is 2.15. The quantitative estimate of drug-likeness (QED) is 0.597. The van der Waals surface area contributed by atoms with E-state index in [0.29, 0.717) is 0 Å². The van der Waals surface area contributed by atoms with Crippen LogP contribution in [-0.2, 0) is 13.0 Å². The van der Waals surface area contributed by atoms with E-state index in [-0.39, 0.29) is 5.56 Å². The van der Waals surface area contributed by atoms with E-state index in [1.807, 2.05) is 7.05 Å². The lowest BCUT2D eigenvalue weighted by atomic mass is 10.1. The molecular weight excluding hydrogens is 168 g/mol. The summed E-state index contributed by atoms with van der Waals surface area (Å²) in [5.74, 6) is 0. The van der Waals surface area contributed by atoms with Gasteiger partial charge >= 0.3 is 0 Å². The van der Waals surface area contributed by atoms with Gasteiger partial charge in [0.1, 0.15) is 0 Å². The summed E-state index contributed by atoms with van der Waals surface area (Å²) < 4.78 is 0. The van der Waals surface area contributed by atoms with Crippen LogP contribution in [0.25, 0.3) is 0 Å². The van der Waals surface area contributed by atoms with Crippen molar-refractivity contribution in [3.05, 3.63) is 27.7 Å². The summed E-state index contributed by atoms with van der Waals surface area (Å²) in [5, 5.41) is 8.50. The molecule has 0 aromatic carbocycles. The molecule has 0 atom stereocenters. The van der Waals surface area contributed by atoms with Crippen molar-refractivity contribution in [1.29, 1.82) is 0 Å². The number of hydrogen-bond acceptors (Lipinski definition) is 4. The zero-order valence-electron chi connectivity index (χ0n) is 7.50. The van der Waals surface area contributed by atoms with E-state index in [4.69, 9.17) is 0 Å². The van der Waals surface area contributed by atoms with Crippen LogP contribution in [0.15, 0.2) is 10.9 Å². The molecule has 0 amide bonds. The second-order valence-corrected chi connectivity index (χ2v) is 3.10. The van der Waals surface area contributed by atoms with Crippen LogP contribution in [0.3, 0.4) is 0 Å². The number of hydrogen-bond donors (Lipinski definition) is 2. The van der Waals surface area contributed by atoms with Gasteiger partial charge in [0.2, 0.25) is 0 Å². The van der Waals surface area contributed by atoms with Crippen molar-refractivity contribution in [3.8, 4) is 0 Å². The smallest absolute Gasteiger partial charge is 0.264 e. The Bertz CT molecular complexity index is 359. The summed E-state index contributed by atoms with van der Waals surface area (Å²) >= 11 is 0. The first kappa shape index (κ1) is 8.40. The maximum atomic E-state index is 11.0. The zero-order valence-corrected chi connectivity index (χ0v) is 7.50. The van der Waals surface area contributed by atoms with E-state index in [2.05, 4.69) is 20.6 Å². The number of aromatic nitrogens is 2. The lowest BCUT2D eigenvalue weighted by molar-refractivity contribution is 0.186. The molecule has 0 bridgehead atoms. The first-order valence-electron chi connectivity index (χ1n) is 4.29. The number of nitrogens with zero attached hydrogens (tertiary/aromatic N) is 2. The molecule has 0 spiro atoms. The van der Waals surface area contributed by atoms with Gasteiger partial charge in [-0.2, -0.15) is 5.10 Å². The third-order valence-electron chi connectivity index (χ3n) is 2.27. The Balaban J connectivity index is 2.32. The SMILES string of the molecule is CNN1CCc2n[nH]c(=O)cc2C1. The van der Waals surface area contributed by atoms with Crippen LogP contribution in [0.1, 0.15) is 11.3 Å². The molecule has 5 heteroatoms. The van der Waals surface area contributed by atoms with Crippen LogP contribution >= 0.6 is 0 Å². The highest BCUT2D eigenvalue weighted by molar-refractivity contribution is 5.19. The molecule has 2 heterocycles.